The van der Waals surface area contributed by atoms with Gasteiger partial charge in [0.2, 0.25) is 0 Å². The monoisotopic (exact) mass is 532 g/mol. The molecule has 0 radical (unpaired) electrons. The molecule has 0 bridgehead atoms. The van der Waals surface area contributed by atoms with Crippen molar-refractivity contribution in [2.24, 2.45) is 5.41 Å². The van der Waals surface area contributed by atoms with Gasteiger partial charge in [-0.1, -0.05) is 44.0 Å². The maximum atomic E-state index is 13.9. The van der Waals surface area contributed by atoms with Crippen molar-refractivity contribution in [2.75, 3.05) is 4.31 Å². The van der Waals surface area contributed by atoms with E-state index in [0.29, 0.717) is 11.2 Å². The van der Waals surface area contributed by atoms with Crippen molar-refractivity contribution in [2.45, 2.75) is 31.7 Å². The smallest absolute Gasteiger partial charge is 0.328 e. The van der Waals surface area contributed by atoms with Crippen LogP contribution >= 0.6 is 23.2 Å². The molecule has 1 N–H and O–H groups in total. The average molecular weight is 533 g/mol. The number of carboxylic acids is 1. The molecule has 0 fully saturated rings. The fourth-order valence-electron chi connectivity index (χ4n) is 3.92. The van der Waals surface area contributed by atoms with E-state index in [1.807, 2.05) is 0 Å². The highest BCUT2D eigenvalue weighted by molar-refractivity contribution is 7.93. The summed E-state index contributed by atoms with van der Waals surface area (Å²) in [6, 6.07) is 9.20. The molecule has 0 aliphatic carbocycles. The first kappa shape index (κ1) is 25.0. The summed E-state index contributed by atoms with van der Waals surface area (Å²) in [6.07, 6.45) is 6.52. The Bertz CT molecular complexity index is 1500. The number of aliphatic carboxylic acids is 1. The van der Waals surface area contributed by atoms with Gasteiger partial charge < -0.3 is 5.11 Å². The normalized spacial score (nSPS) is 13.1. The Morgan fingerprint density at radius 2 is 1.74 bits per heavy atom. The van der Waals surface area contributed by atoms with E-state index in [4.69, 9.17) is 23.2 Å². The molecule has 1 unspecified atom stereocenters. The Morgan fingerprint density at radius 3 is 2.31 bits per heavy atom. The minimum atomic E-state index is -4.39. The van der Waals surface area contributed by atoms with Crippen LogP contribution < -0.4 is 4.31 Å². The number of halogens is 2. The van der Waals surface area contributed by atoms with Crippen molar-refractivity contribution in [1.29, 1.82) is 0 Å². The Balaban J connectivity index is 1.94. The Labute approximate surface area is 212 Å². The van der Waals surface area contributed by atoms with Crippen molar-refractivity contribution >= 4 is 55.8 Å². The van der Waals surface area contributed by atoms with E-state index in [2.05, 4.69) is 9.97 Å². The van der Waals surface area contributed by atoms with Crippen molar-refractivity contribution in [3.8, 4) is 5.82 Å². The van der Waals surface area contributed by atoms with Crippen molar-refractivity contribution in [3.63, 3.8) is 0 Å². The number of hydrogen-bond acceptors (Lipinski definition) is 5. The average Bonchev–Trinajstić information content (AvgIpc) is 3.19. The fraction of sp³-hybridized carbons (Fsp3) is 0.208. The Morgan fingerprint density at radius 1 is 1.06 bits per heavy atom. The van der Waals surface area contributed by atoms with Gasteiger partial charge in [0, 0.05) is 34.0 Å². The van der Waals surface area contributed by atoms with Crippen LogP contribution in [0.3, 0.4) is 0 Å². The van der Waals surface area contributed by atoms with E-state index in [-0.39, 0.29) is 20.6 Å². The first-order valence-corrected chi connectivity index (χ1v) is 12.7. The maximum absolute atomic E-state index is 13.9. The van der Waals surface area contributed by atoms with Crippen molar-refractivity contribution < 1.29 is 18.3 Å². The van der Waals surface area contributed by atoms with Gasteiger partial charge in [-0.25, -0.2) is 18.2 Å². The SMILES string of the molecule is CC(C)(C)C(C(=O)O)N(c1ccc2c(ccn2-c2cnccn2)c1)S(=O)(=O)c1cc(Cl)cc(Cl)c1. The Kier molecular flexibility index (Phi) is 6.52. The molecule has 35 heavy (non-hydrogen) atoms. The minimum absolute atomic E-state index is 0.121. The summed E-state index contributed by atoms with van der Waals surface area (Å²) in [4.78, 5) is 20.6. The lowest BCUT2D eigenvalue weighted by atomic mass is 9.86. The van der Waals surface area contributed by atoms with Gasteiger partial charge in [-0.2, -0.15) is 0 Å². The fourth-order valence-corrected chi connectivity index (χ4v) is 6.43. The molecule has 2 heterocycles. The van der Waals surface area contributed by atoms with Crippen LogP contribution in [0.15, 0.2) is 72.1 Å². The molecule has 1 atom stereocenters. The number of nitrogens with zero attached hydrogens (tertiary/aromatic N) is 4. The number of rotatable bonds is 6. The number of sulfonamides is 1. The number of carboxylic acid groups (broad SMARTS) is 1. The molecule has 11 heteroatoms. The van der Waals surface area contributed by atoms with E-state index < -0.39 is 27.4 Å². The van der Waals surface area contributed by atoms with Crippen LogP contribution in [0, 0.1) is 5.41 Å². The summed E-state index contributed by atoms with van der Waals surface area (Å²) >= 11 is 12.2. The second-order valence-corrected chi connectivity index (χ2v) is 11.7. The van der Waals surface area contributed by atoms with E-state index in [0.717, 1.165) is 9.82 Å². The molecule has 0 aliphatic rings. The zero-order valence-corrected chi connectivity index (χ0v) is 21.4. The molecule has 0 saturated carbocycles. The number of benzene rings is 2. The first-order valence-electron chi connectivity index (χ1n) is 10.5. The summed E-state index contributed by atoms with van der Waals surface area (Å²) < 4.78 is 30.6. The van der Waals surface area contributed by atoms with Gasteiger partial charge in [0.1, 0.15) is 6.04 Å². The third-order valence-electron chi connectivity index (χ3n) is 5.41. The second kappa shape index (κ2) is 9.14. The molecule has 2 aromatic heterocycles. The molecule has 2 aromatic carbocycles. The highest BCUT2D eigenvalue weighted by Gasteiger charge is 2.43. The predicted octanol–water partition coefficient (Wildman–Crippen LogP) is 5.42. The molecule has 4 rings (SSSR count). The first-order chi connectivity index (χ1) is 16.4. The van der Waals surface area contributed by atoms with Crippen molar-refractivity contribution in [1.82, 2.24) is 14.5 Å². The lowest BCUT2D eigenvalue weighted by Gasteiger charge is -2.37. The summed E-state index contributed by atoms with van der Waals surface area (Å²) in [6.45, 7) is 5.01. The third-order valence-corrected chi connectivity index (χ3v) is 7.61. The second-order valence-electron chi connectivity index (χ2n) is 9.01. The number of carbonyl (C=O) groups is 1. The summed E-state index contributed by atoms with van der Waals surface area (Å²) in [5, 5.41) is 11.1. The van der Waals surface area contributed by atoms with Crippen LogP contribution in [0.1, 0.15) is 20.8 Å². The van der Waals surface area contributed by atoms with E-state index in [9.17, 15) is 18.3 Å². The number of fused-ring (bicyclic) bond motifs is 1. The number of hydrogen-bond donors (Lipinski definition) is 1. The van der Waals surface area contributed by atoms with Gasteiger partial charge in [-0.3, -0.25) is 13.9 Å². The Hall–Kier alpha value is -3.14. The van der Waals surface area contributed by atoms with E-state index >= 15 is 0 Å². The lowest BCUT2D eigenvalue weighted by molar-refractivity contribution is -0.140. The molecular formula is C24H22Cl2N4O4S. The zero-order chi connectivity index (χ0) is 25.5. The molecule has 0 spiro atoms. The molecule has 0 aliphatic heterocycles. The van der Waals surface area contributed by atoms with Crippen molar-refractivity contribution in [3.05, 3.63) is 77.3 Å². The molecule has 8 nitrogen and oxygen atoms in total. The van der Waals surface area contributed by atoms with Gasteiger partial charge in [0.25, 0.3) is 10.0 Å². The third kappa shape index (κ3) is 4.84. The van der Waals surface area contributed by atoms with Gasteiger partial charge in [-0.05, 0) is 47.9 Å². The molecule has 182 valence electrons. The largest absolute Gasteiger partial charge is 0.480 e. The quantitative estimate of drug-likeness (QED) is 0.355. The van der Waals surface area contributed by atoms with Gasteiger partial charge in [-0.15, -0.1) is 0 Å². The van der Waals surface area contributed by atoms with Crippen LogP contribution in [0.4, 0.5) is 5.69 Å². The van der Waals surface area contributed by atoms with Crippen LogP contribution in [0.2, 0.25) is 10.0 Å². The number of anilines is 1. The van der Waals surface area contributed by atoms with Crippen LogP contribution in [0.25, 0.3) is 16.7 Å². The van der Waals surface area contributed by atoms with Crippen LogP contribution in [0.5, 0.6) is 0 Å². The van der Waals surface area contributed by atoms with Gasteiger partial charge in [0.15, 0.2) is 5.82 Å². The maximum Gasteiger partial charge on any atom is 0.328 e. The van der Waals surface area contributed by atoms with Crippen LogP contribution in [-0.2, 0) is 14.8 Å². The van der Waals surface area contributed by atoms with Crippen LogP contribution in [-0.4, -0.2) is 40.1 Å². The molecular weight excluding hydrogens is 511 g/mol. The van der Waals surface area contributed by atoms with Gasteiger partial charge >= 0.3 is 5.97 Å². The number of aromatic nitrogens is 3. The van der Waals surface area contributed by atoms with E-state index in [1.54, 1.807) is 74.4 Å². The lowest BCUT2D eigenvalue weighted by Crippen LogP contribution is -2.52. The summed E-state index contributed by atoms with van der Waals surface area (Å²) in [5.74, 6) is -0.696. The predicted molar refractivity (Wildman–Crippen MR) is 136 cm³/mol. The highest BCUT2D eigenvalue weighted by atomic mass is 35.5. The van der Waals surface area contributed by atoms with E-state index in [1.165, 1.54) is 18.2 Å². The molecule has 4 aromatic rings. The topological polar surface area (TPSA) is 105 Å². The highest BCUT2D eigenvalue weighted by Crippen LogP contribution is 2.37. The summed E-state index contributed by atoms with van der Waals surface area (Å²) in [5.41, 5.74) is -0.0187. The molecule has 0 amide bonds. The zero-order valence-electron chi connectivity index (χ0n) is 19.1. The summed E-state index contributed by atoms with van der Waals surface area (Å²) in [7, 11) is -4.39. The minimum Gasteiger partial charge on any atom is -0.480 e. The molecule has 0 saturated heterocycles. The van der Waals surface area contributed by atoms with Gasteiger partial charge in [0.05, 0.1) is 22.3 Å². The standard InChI is InChI=1S/C24H22Cl2N4O4S/c1-24(2,3)22(23(31)32)30(35(33,34)19-12-16(25)11-17(26)13-19)18-4-5-20-15(10-18)6-9-29(20)21-14-27-7-8-28-21/h4-14,22H,1-3H3,(H,31,32).